The molecule has 4 aromatic rings. The first-order valence-electron chi connectivity index (χ1n) is 14.3. The predicted octanol–water partition coefficient (Wildman–Crippen LogP) is 6.14. The van der Waals surface area contributed by atoms with Gasteiger partial charge in [0, 0.05) is 18.7 Å². The monoisotopic (exact) mass is 576 g/mol. The number of carbonyl (C=O) groups excluding carboxylic acids is 2. The SMILES string of the molecule is Cc1cc(/C(O)=C2\C(=O)C(=O)N(CCN(C)C)C2c2cccc(OCc3ccccc3)c2)ccc1OCc1ccccc1. The van der Waals surface area contributed by atoms with E-state index in [2.05, 4.69) is 0 Å². The molecule has 0 radical (unpaired) electrons. The van der Waals surface area contributed by atoms with E-state index in [0.29, 0.717) is 48.9 Å². The summed E-state index contributed by atoms with van der Waals surface area (Å²) in [5.41, 5.74) is 4.05. The maximum atomic E-state index is 13.5. The van der Waals surface area contributed by atoms with Crippen LogP contribution in [-0.4, -0.2) is 53.8 Å². The number of aryl methyl sites for hydroxylation is 1. The van der Waals surface area contributed by atoms with E-state index in [4.69, 9.17) is 9.47 Å². The Morgan fingerprint density at radius 1 is 0.814 bits per heavy atom. The van der Waals surface area contributed by atoms with Crippen molar-refractivity contribution in [3.8, 4) is 11.5 Å². The molecule has 5 rings (SSSR count). The van der Waals surface area contributed by atoms with Crippen LogP contribution in [0, 0.1) is 6.92 Å². The van der Waals surface area contributed by atoms with Gasteiger partial charge in [-0.25, -0.2) is 0 Å². The van der Waals surface area contributed by atoms with E-state index in [1.165, 1.54) is 4.90 Å². The van der Waals surface area contributed by atoms with Gasteiger partial charge in [-0.15, -0.1) is 0 Å². The van der Waals surface area contributed by atoms with Gasteiger partial charge in [-0.2, -0.15) is 0 Å². The molecule has 1 unspecified atom stereocenters. The summed E-state index contributed by atoms with van der Waals surface area (Å²) in [5, 5.41) is 11.6. The lowest BCUT2D eigenvalue weighted by Crippen LogP contribution is -2.35. The summed E-state index contributed by atoms with van der Waals surface area (Å²) in [7, 11) is 3.82. The summed E-state index contributed by atoms with van der Waals surface area (Å²) in [4.78, 5) is 30.3. The summed E-state index contributed by atoms with van der Waals surface area (Å²) >= 11 is 0. The van der Waals surface area contributed by atoms with Gasteiger partial charge in [-0.1, -0.05) is 72.8 Å². The number of benzene rings is 4. The van der Waals surface area contributed by atoms with Crippen LogP contribution in [0.2, 0.25) is 0 Å². The molecule has 1 saturated heterocycles. The summed E-state index contributed by atoms with van der Waals surface area (Å²) in [6.07, 6.45) is 0. The number of Topliss-reactive ketones (excluding diaryl/α,β-unsaturated/α-hetero) is 1. The van der Waals surface area contributed by atoms with Crippen LogP contribution in [-0.2, 0) is 22.8 Å². The van der Waals surface area contributed by atoms with Crippen LogP contribution in [0.15, 0.2) is 109 Å². The number of likely N-dealkylation sites (N-methyl/N-ethyl adjacent to an activating group) is 1. The highest BCUT2D eigenvalue weighted by molar-refractivity contribution is 6.46. The van der Waals surface area contributed by atoms with E-state index in [1.54, 1.807) is 18.2 Å². The van der Waals surface area contributed by atoms with E-state index in [9.17, 15) is 14.7 Å². The molecular formula is C36H36N2O5. The number of aliphatic hydroxyl groups excluding tert-OH is 1. The number of hydrogen-bond acceptors (Lipinski definition) is 6. The lowest BCUT2D eigenvalue weighted by molar-refractivity contribution is -0.140. The second-order valence-corrected chi connectivity index (χ2v) is 10.9. The summed E-state index contributed by atoms with van der Waals surface area (Å²) in [6.45, 7) is 3.55. The third-order valence-electron chi connectivity index (χ3n) is 7.44. The molecular weight excluding hydrogens is 540 g/mol. The fraction of sp³-hybridized carbons (Fsp3) is 0.222. The summed E-state index contributed by atoms with van der Waals surface area (Å²) in [6, 6.07) is 31.6. The van der Waals surface area contributed by atoms with Crippen LogP contribution < -0.4 is 9.47 Å². The highest BCUT2D eigenvalue weighted by Gasteiger charge is 2.46. The third kappa shape index (κ3) is 6.96. The first-order chi connectivity index (χ1) is 20.8. The minimum Gasteiger partial charge on any atom is -0.507 e. The molecule has 0 aromatic heterocycles. The lowest BCUT2D eigenvalue weighted by atomic mass is 9.94. The Hall–Kier alpha value is -4.88. The maximum Gasteiger partial charge on any atom is 0.295 e. The van der Waals surface area contributed by atoms with Crippen molar-refractivity contribution in [1.82, 2.24) is 9.80 Å². The number of aliphatic hydroxyl groups is 1. The quantitative estimate of drug-likeness (QED) is 0.131. The Bertz CT molecular complexity index is 1620. The molecule has 43 heavy (non-hydrogen) atoms. The van der Waals surface area contributed by atoms with Crippen molar-refractivity contribution in [2.45, 2.75) is 26.2 Å². The number of ketones is 1. The van der Waals surface area contributed by atoms with Crippen LogP contribution in [0.5, 0.6) is 11.5 Å². The van der Waals surface area contributed by atoms with Crippen LogP contribution in [0.3, 0.4) is 0 Å². The van der Waals surface area contributed by atoms with E-state index >= 15 is 0 Å². The predicted molar refractivity (Wildman–Crippen MR) is 167 cm³/mol. The van der Waals surface area contributed by atoms with Crippen LogP contribution in [0.4, 0.5) is 0 Å². The Balaban J connectivity index is 1.47. The second-order valence-electron chi connectivity index (χ2n) is 10.9. The van der Waals surface area contributed by atoms with Gasteiger partial charge in [0.1, 0.15) is 30.5 Å². The van der Waals surface area contributed by atoms with Crippen molar-refractivity contribution in [2.75, 3.05) is 27.2 Å². The number of carbonyl (C=O) groups is 2. The second kappa shape index (κ2) is 13.4. The van der Waals surface area contributed by atoms with Gasteiger partial charge < -0.3 is 24.4 Å². The number of nitrogens with zero attached hydrogens (tertiary/aromatic N) is 2. The molecule has 7 nitrogen and oxygen atoms in total. The standard InChI is InChI=1S/C36H36N2O5/c1-25-21-29(17-18-31(25)43-24-27-13-8-5-9-14-27)34(39)32-33(38(20-19-37(2)3)36(41)35(32)40)28-15-10-16-30(22-28)42-23-26-11-6-4-7-12-26/h4-18,21-22,33,39H,19-20,23-24H2,1-3H3/b34-32+. The van der Waals surface area contributed by atoms with E-state index in [1.807, 2.05) is 111 Å². The molecule has 0 aliphatic carbocycles. The van der Waals surface area contributed by atoms with Gasteiger partial charge >= 0.3 is 0 Å². The van der Waals surface area contributed by atoms with Gasteiger partial charge in [0.2, 0.25) is 0 Å². The Morgan fingerprint density at radius 2 is 1.47 bits per heavy atom. The van der Waals surface area contributed by atoms with Gasteiger partial charge in [0.25, 0.3) is 11.7 Å². The Labute approximate surface area is 252 Å². The molecule has 4 aromatic carbocycles. The molecule has 0 saturated carbocycles. The van der Waals surface area contributed by atoms with E-state index in [0.717, 1.165) is 16.7 Å². The minimum atomic E-state index is -0.769. The molecule has 1 N–H and O–H groups in total. The van der Waals surface area contributed by atoms with Crippen molar-refractivity contribution >= 4 is 17.4 Å². The van der Waals surface area contributed by atoms with Crippen LogP contribution >= 0.6 is 0 Å². The molecule has 1 heterocycles. The van der Waals surface area contributed by atoms with Crippen molar-refractivity contribution < 1.29 is 24.2 Å². The average Bonchev–Trinajstić information content (AvgIpc) is 3.28. The number of ether oxygens (including phenoxy) is 2. The highest BCUT2D eigenvalue weighted by Crippen LogP contribution is 2.40. The number of rotatable bonds is 11. The van der Waals surface area contributed by atoms with E-state index in [-0.39, 0.29) is 11.3 Å². The first kappa shape index (κ1) is 29.6. The van der Waals surface area contributed by atoms with Crippen LogP contribution in [0.1, 0.15) is 33.9 Å². The molecule has 0 spiro atoms. The largest absolute Gasteiger partial charge is 0.507 e. The zero-order chi connectivity index (χ0) is 30.3. The van der Waals surface area contributed by atoms with Crippen LogP contribution in [0.25, 0.3) is 5.76 Å². The third-order valence-corrected chi connectivity index (χ3v) is 7.44. The fourth-order valence-corrected chi connectivity index (χ4v) is 5.13. The fourth-order valence-electron chi connectivity index (χ4n) is 5.13. The van der Waals surface area contributed by atoms with Gasteiger partial charge in [-0.3, -0.25) is 9.59 Å². The Kier molecular flexibility index (Phi) is 9.23. The molecule has 220 valence electrons. The highest BCUT2D eigenvalue weighted by atomic mass is 16.5. The molecule has 1 atom stereocenters. The number of amides is 1. The molecule has 1 amide bonds. The van der Waals surface area contributed by atoms with Gasteiger partial charge in [-0.05, 0) is 73.6 Å². The molecule has 1 fully saturated rings. The normalized spacial score (nSPS) is 16.1. The van der Waals surface area contributed by atoms with Crippen molar-refractivity contribution in [2.24, 2.45) is 0 Å². The number of likely N-dealkylation sites (tertiary alicyclic amines) is 1. The topological polar surface area (TPSA) is 79.3 Å². The first-order valence-corrected chi connectivity index (χ1v) is 14.3. The number of hydrogen-bond donors (Lipinski definition) is 1. The molecule has 7 heteroatoms. The smallest absolute Gasteiger partial charge is 0.295 e. The molecule has 1 aliphatic heterocycles. The Morgan fingerprint density at radius 3 is 2.09 bits per heavy atom. The van der Waals surface area contributed by atoms with Crippen molar-refractivity contribution in [3.05, 3.63) is 137 Å². The minimum absolute atomic E-state index is 0.0568. The maximum absolute atomic E-state index is 13.5. The average molecular weight is 577 g/mol. The molecule has 0 bridgehead atoms. The van der Waals surface area contributed by atoms with Gasteiger partial charge in [0.15, 0.2) is 0 Å². The summed E-state index contributed by atoms with van der Waals surface area (Å²) in [5.74, 6) is -0.284. The molecule has 1 aliphatic rings. The van der Waals surface area contributed by atoms with Crippen molar-refractivity contribution in [1.29, 1.82) is 0 Å². The van der Waals surface area contributed by atoms with Gasteiger partial charge in [0.05, 0.1) is 11.6 Å². The lowest BCUT2D eigenvalue weighted by Gasteiger charge is -2.27. The zero-order valence-electron chi connectivity index (χ0n) is 24.7. The van der Waals surface area contributed by atoms with E-state index < -0.39 is 17.7 Å². The van der Waals surface area contributed by atoms with Crippen molar-refractivity contribution in [3.63, 3.8) is 0 Å². The zero-order valence-corrected chi connectivity index (χ0v) is 24.7. The summed E-state index contributed by atoms with van der Waals surface area (Å²) < 4.78 is 12.1.